The molecule has 0 spiro atoms. The van der Waals surface area contributed by atoms with Crippen molar-refractivity contribution in [1.29, 1.82) is 0 Å². The lowest BCUT2D eigenvalue weighted by Crippen LogP contribution is -2.27. The van der Waals surface area contributed by atoms with Crippen LogP contribution < -0.4 is 10.6 Å². The van der Waals surface area contributed by atoms with Gasteiger partial charge in [0, 0.05) is 18.5 Å². The zero-order valence-electron chi connectivity index (χ0n) is 20.4. The summed E-state index contributed by atoms with van der Waals surface area (Å²) < 4.78 is 45.3. The van der Waals surface area contributed by atoms with Gasteiger partial charge in [-0.15, -0.1) is 5.10 Å². The van der Waals surface area contributed by atoms with Gasteiger partial charge in [0.25, 0.3) is 0 Å². The number of aliphatic imine (C=N–C) groups is 1. The molecule has 1 aliphatic rings. The molecule has 0 aliphatic carbocycles. The van der Waals surface area contributed by atoms with E-state index in [0.717, 1.165) is 42.9 Å². The van der Waals surface area contributed by atoms with Crippen LogP contribution in [0.5, 0.6) is 0 Å². The molecule has 2 aromatic heterocycles. The Morgan fingerprint density at radius 3 is 2.56 bits per heavy atom. The molecule has 190 valence electrons. The van der Waals surface area contributed by atoms with Crippen molar-refractivity contribution in [3.8, 4) is 0 Å². The Balaban J connectivity index is 1.68. The second-order valence-corrected chi connectivity index (χ2v) is 8.57. The number of hydrogen-bond donors (Lipinski definition) is 2. The second-order valence-electron chi connectivity index (χ2n) is 8.57. The number of carbonyl (C=O) groups excluding carboxylic acids is 1. The van der Waals surface area contributed by atoms with Crippen molar-refractivity contribution in [2.45, 2.75) is 33.1 Å². The van der Waals surface area contributed by atoms with E-state index < -0.39 is 23.1 Å². The fourth-order valence-corrected chi connectivity index (χ4v) is 3.84. The number of nitrogens with zero attached hydrogens (tertiary/aromatic N) is 5. The Labute approximate surface area is 206 Å². The second kappa shape index (κ2) is 10.5. The first-order valence-corrected chi connectivity index (χ1v) is 11.7. The molecule has 0 fully saturated rings. The van der Waals surface area contributed by atoms with Crippen LogP contribution in [-0.4, -0.2) is 57.4 Å². The average molecular weight is 500 g/mol. The number of hydrogen-bond acceptors (Lipinski definition) is 6. The number of anilines is 2. The van der Waals surface area contributed by atoms with Crippen LogP contribution in [0.3, 0.4) is 0 Å². The lowest BCUT2D eigenvalue weighted by atomic mass is 10.1. The minimum Gasteiger partial charge on any atom is -0.325 e. The lowest BCUT2D eigenvalue weighted by molar-refractivity contribution is -0.116. The van der Waals surface area contributed by atoms with Gasteiger partial charge in [0.05, 0.1) is 18.4 Å². The number of benzene rings is 1. The van der Waals surface area contributed by atoms with Crippen LogP contribution in [0.4, 0.5) is 24.7 Å². The Hall–Kier alpha value is -3.73. The number of alkyl halides is 2. The molecule has 4 rings (SSSR count). The molecule has 0 saturated carbocycles. The third kappa shape index (κ3) is 5.56. The molecule has 1 aromatic carbocycles. The molecule has 8 nitrogen and oxygen atoms in total. The van der Waals surface area contributed by atoms with Gasteiger partial charge in [-0.25, -0.2) is 13.9 Å². The Morgan fingerprint density at radius 1 is 1.19 bits per heavy atom. The Kier molecular flexibility index (Phi) is 7.39. The van der Waals surface area contributed by atoms with Gasteiger partial charge in [0.15, 0.2) is 5.82 Å². The standard InChI is InChI=1S/C25H28F3N7O/c1-4-34(5-2)11-10-22(36)30-19-13-20-23(31-21-12-16(3)14-29-21)32-24(33-35(20)15-19)25(27,28)17-6-8-18(26)9-7-17/h6-9,12-13,15H,4-5,10-11,14H2,1-3H3,(H,30,36)(H,29,31,32,33). The van der Waals surface area contributed by atoms with Crippen molar-refractivity contribution in [1.82, 2.24) is 19.5 Å². The fraction of sp³-hybridized carbons (Fsp3) is 0.360. The summed E-state index contributed by atoms with van der Waals surface area (Å²) in [5.74, 6) is -4.61. The Morgan fingerprint density at radius 2 is 1.92 bits per heavy atom. The van der Waals surface area contributed by atoms with Gasteiger partial charge in [-0.1, -0.05) is 13.8 Å². The van der Waals surface area contributed by atoms with Crippen LogP contribution in [-0.2, 0) is 10.7 Å². The van der Waals surface area contributed by atoms with Gasteiger partial charge in [0.1, 0.15) is 17.2 Å². The summed E-state index contributed by atoms with van der Waals surface area (Å²) in [7, 11) is 0. The van der Waals surface area contributed by atoms with Crippen molar-refractivity contribution < 1.29 is 18.0 Å². The molecule has 11 heteroatoms. The molecular weight excluding hydrogens is 471 g/mol. The SMILES string of the molecule is CCN(CC)CCC(=O)Nc1cc2c(NC3=NCC(C)=C3)nc(C(F)(F)c3ccc(F)cc3)nn2c1. The predicted octanol–water partition coefficient (Wildman–Crippen LogP) is 4.45. The number of halogens is 3. The number of nitrogens with one attached hydrogen (secondary N) is 2. The molecule has 1 amide bonds. The van der Waals surface area contributed by atoms with E-state index in [1.807, 2.05) is 20.8 Å². The monoisotopic (exact) mass is 499 g/mol. The number of fused-ring (bicyclic) bond motifs is 1. The molecule has 0 saturated heterocycles. The third-order valence-corrected chi connectivity index (χ3v) is 5.91. The summed E-state index contributed by atoms with van der Waals surface area (Å²) in [6.07, 6.45) is 3.55. The smallest absolute Gasteiger partial charge is 0.325 e. The number of amides is 1. The molecule has 1 aliphatic heterocycles. The minimum absolute atomic E-state index is 0.107. The highest BCUT2D eigenvalue weighted by atomic mass is 19.3. The molecule has 3 aromatic rings. The topological polar surface area (TPSA) is 86.9 Å². The maximum Gasteiger partial charge on any atom is 0.333 e. The van der Waals surface area contributed by atoms with E-state index in [9.17, 15) is 9.18 Å². The highest BCUT2D eigenvalue weighted by Crippen LogP contribution is 2.35. The molecule has 36 heavy (non-hydrogen) atoms. The summed E-state index contributed by atoms with van der Waals surface area (Å²) in [5.41, 5.74) is 1.35. The minimum atomic E-state index is -3.60. The first kappa shape index (κ1) is 25.4. The summed E-state index contributed by atoms with van der Waals surface area (Å²) in [5, 5.41) is 9.84. The Bertz CT molecular complexity index is 1310. The summed E-state index contributed by atoms with van der Waals surface area (Å²) in [6, 6.07) is 5.54. The van der Waals surface area contributed by atoms with E-state index in [-0.39, 0.29) is 11.7 Å². The summed E-state index contributed by atoms with van der Waals surface area (Å²) in [6.45, 7) is 8.75. The number of aromatic nitrogens is 3. The fourth-order valence-electron chi connectivity index (χ4n) is 3.84. The lowest BCUT2D eigenvalue weighted by Gasteiger charge is -2.17. The van der Waals surface area contributed by atoms with Crippen molar-refractivity contribution in [2.24, 2.45) is 4.99 Å². The largest absolute Gasteiger partial charge is 0.333 e. The number of carbonyl (C=O) groups is 1. The number of rotatable bonds is 9. The predicted molar refractivity (Wildman–Crippen MR) is 133 cm³/mol. The van der Waals surface area contributed by atoms with Gasteiger partial charge < -0.3 is 15.5 Å². The van der Waals surface area contributed by atoms with Crippen LogP contribution in [0.15, 0.2) is 53.2 Å². The molecule has 3 heterocycles. The van der Waals surface area contributed by atoms with Gasteiger partial charge in [-0.05, 0) is 62.0 Å². The van der Waals surface area contributed by atoms with Crippen molar-refractivity contribution in [3.05, 3.63) is 65.4 Å². The van der Waals surface area contributed by atoms with E-state index in [2.05, 4.69) is 30.6 Å². The molecule has 2 N–H and O–H groups in total. The zero-order valence-corrected chi connectivity index (χ0v) is 20.4. The molecule has 0 bridgehead atoms. The van der Waals surface area contributed by atoms with Crippen LogP contribution >= 0.6 is 0 Å². The van der Waals surface area contributed by atoms with Crippen molar-refractivity contribution >= 4 is 28.8 Å². The number of amidine groups is 1. The van der Waals surface area contributed by atoms with Gasteiger partial charge in [0.2, 0.25) is 11.7 Å². The van der Waals surface area contributed by atoms with Crippen LogP contribution in [0.1, 0.15) is 38.6 Å². The van der Waals surface area contributed by atoms with E-state index >= 15 is 8.78 Å². The average Bonchev–Trinajstić information content (AvgIpc) is 3.45. The van der Waals surface area contributed by atoms with E-state index in [1.165, 1.54) is 10.7 Å². The third-order valence-electron chi connectivity index (χ3n) is 5.91. The van der Waals surface area contributed by atoms with E-state index in [4.69, 9.17) is 0 Å². The molecule has 0 atom stereocenters. The van der Waals surface area contributed by atoms with Gasteiger partial charge in [-0.2, -0.15) is 8.78 Å². The molecule has 0 radical (unpaired) electrons. The summed E-state index contributed by atoms with van der Waals surface area (Å²) >= 11 is 0. The van der Waals surface area contributed by atoms with Crippen LogP contribution in [0.2, 0.25) is 0 Å². The van der Waals surface area contributed by atoms with Crippen LogP contribution in [0, 0.1) is 5.82 Å². The maximum atomic E-state index is 15.4. The zero-order chi connectivity index (χ0) is 25.9. The normalized spacial score (nSPS) is 13.8. The van der Waals surface area contributed by atoms with E-state index in [1.54, 1.807) is 12.1 Å². The van der Waals surface area contributed by atoms with Gasteiger partial charge in [-0.3, -0.25) is 9.79 Å². The first-order valence-electron chi connectivity index (χ1n) is 11.7. The quantitative estimate of drug-likeness (QED) is 0.454. The first-order chi connectivity index (χ1) is 17.2. The maximum absolute atomic E-state index is 15.4. The molecule has 0 unspecified atom stereocenters. The summed E-state index contributed by atoms with van der Waals surface area (Å²) in [4.78, 5) is 23.1. The van der Waals surface area contributed by atoms with E-state index in [0.29, 0.717) is 36.6 Å². The molecular formula is C25H28F3N7O. The van der Waals surface area contributed by atoms with Crippen LogP contribution in [0.25, 0.3) is 5.52 Å². The van der Waals surface area contributed by atoms with Gasteiger partial charge >= 0.3 is 5.92 Å². The van der Waals surface area contributed by atoms with Crippen molar-refractivity contribution in [3.63, 3.8) is 0 Å². The highest BCUT2D eigenvalue weighted by molar-refractivity contribution is 6.07. The van der Waals surface area contributed by atoms with Crippen molar-refractivity contribution in [2.75, 3.05) is 36.8 Å². The highest BCUT2D eigenvalue weighted by Gasteiger charge is 2.39.